The maximum absolute atomic E-state index is 12.7. The van der Waals surface area contributed by atoms with Crippen molar-refractivity contribution in [2.24, 2.45) is 0 Å². The molecule has 158 valence electrons. The molecule has 2 nitrogen and oxygen atoms in total. The Morgan fingerprint density at radius 1 is 0.606 bits per heavy atom. The third-order valence-corrected chi connectivity index (χ3v) is 6.92. The highest BCUT2D eigenvalue weighted by Gasteiger charge is 2.19. The van der Waals surface area contributed by atoms with E-state index in [1.54, 1.807) is 0 Å². The Hall–Kier alpha value is -3.69. The van der Waals surface area contributed by atoms with Gasteiger partial charge in [0.2, 0.25) is 0 Å². The fourth-order valence-electron chi connectivity index (χ4n) is 5.02. The lowest BCUT2D eigenvalue weighted by atomic mass is 9.86. The number of fused-ring (bicyclic) bond motifs is 8. The van der Waals surface area contributed by atoms with E-state index in [-0.39, 0.29) is 5.97 Å². The second-order valence-electron chi connectivity index (χ2n) is 8.16. The number of rotatable bonds is 2. The zero-order valence-electron chi connectivity index (χ0n) is 17.9. The van der Waals surface area contributed by atoms with E-state index in [1.165, 1.54) is 44.8 Å². The predicted octanol–water partition coefficient (Wildman–Crippen LogP) is 8.52. The minimum atomic E-state index is -0.348. The third kappa shape index (κ3) is 3.04. The van der Waals surface area contributed by atoms with Crippen LogP contribution in [0.1, 0.15) is 10.4 Å². The third-order valence-electron chi connectivity index (χ3n) is 6.43. The van der Waals surface area contributed by atoms with E-state index >= 15 is 0 Å². The molecule has 0 aliphatic rings. The molecule has 0 fully saturated rings. The molecule has 0 heterocycles. The lowest BCUT2D eigenvalue weighted by Crippen LogP contribution is -2.04. The standard InChI is InChI=1S/C30H19BrO2/c1-33-30(32)28-16-18(31)14-15-23(28)26-17-27-21-10-3-2-8-19(21)20-9-4-6-12-24(20)29(27)25-13-7-5-11-22(25)26/h2-17H,1H3. The zero-order valence-corrected chi connectivity index (χ0v) is 19.5. The minimum absolute atomic E-state index is 0.348. The van der Waals surface area contributed by atoms with Gasteiger partial charge in [-0.15, -0.1) is 0 Å². The Balaban J connectivity index is 1.87. The van der Waals surface area contributed by atoms with Crippen molar-refractivity contribution < 1.29 is 9.53 Å². The van der Waals surface area contributed by atoms with Crippen molar-refractivity contribution in [1.82, 2.24) is 0 Å². The first-order valence-corrected chi connectivity index (χ1v) is 11.6. The average molecular weight is 491 g/mol. The van der Waals surface area contributed by atoms with E-state index < -0.39 is 0 Å². The Bertz CT molecular complexity index is 1730. The topological polar surface area (TPSA) is 26.3 Å². The monoisotopic (exact) mass is 490 g/mol. The molecule has 6 aromatic rings. The van der Waals surface area contributed by atoms with Gasteiger partial charge < -0.3 is 4.74 Å². The molecule has 0 saturated heterocycles. The number of methoxy groups -OCH3 is 1. The largest absolute Gasteiger partial charge is 0.465 e. The van der Waals surface area contributed by atoms with Crippen molar-refractivity contribution in [3.8, 4) is 11.1 Å². The number of carbonyl (C=O) groups is 1. The van der Waals surface area contributed by atoms with Crippen LogP contribution >= 0.6 is 15.9 Å². The van der Waals surface area contributed by atoms with Crippen molar-refractivity contribution in [3.63, 3.8) is 0 Å². The van der Waals surface area contributed by atoms with Crippen LogP contribution in [0.4, 0.5) is 0 Å². The summed E-state index contributed by atoms with van der Waals surface area (Å²) in [5.41, 5.74) is 2.42. The minimum Gasteiger partial charge on any atom is -0.465 e. The molecule has 0 unspecified atom stereocenters. The van der Waals surface area contributed by atoms with Crippen molar-refractivity contribution in [1.29, 1.82) is 0 Å². The van der Waals surface area contributed by atoms with E-state index in [4.69, 9.17) is 4.74 Å². The van der Waals surface area contributed by atoms with Crippen LogP contribution in [0.2, 0.25) is 0 Å². The van der Waals surface area contributed by atoms with E-state index in [2.05, 4.69) is 94.8 Å². The molecule has 0 atom stereocenters. The Morgan fingerprint density at radius 2 is 1.12 bits per heavy atom. The van der Waals surface area contributed by atoms with Gasteiger partial charge in [0.15, 0.2) is 0 Å². The lowest BCUT2D eigenvalue weighted by Gasteiger charge is -2.17. The average Bonchev–Trinajstić information content (AvgIpc) is 2.87. The summed E-state index contributed by atoms with van der Waals surface area (Å²) in [6, 6.07) is 33.6. The highest BCUT2D eigenvalue weighted by molar-refractivity contribution is 9.10. The van der Waals surface area contributed by atoms with Crippen molar-refractivity contribution in [3.05, 3.63) is 107 Å². The Morgan fingerprint density at radius 3 is 1.76 bits per heavy atom. The van der Waals surface area contributed by atoms with Crippen molar-refractivity contribution >= 4 is 65.0 Å². The van der Waals surface area contributed by atoms with Gasteiger partial charge >= 0.3 is 5.97 Å². The summed E-state index contributed by atoms with van der Waals surface area (Å²) in [7, 11) is 1.42. The molecule has 0 N–H and O–H groups in total. The fourth-order valence-corrected chi connectivity index (χ4v) is 5.38. The zero-order chi connectivity index (χ0) is 22.5. The summed E-state index contributed by atoms with van der Waals surface area (Å²) < 4.78 is 5.96. The molecule has 33 heavy (non-hydrogen) atoms. The second-order valence-corrected chi connectivity index (χ2v) is 9.08. The lowest BCUT2D eigenvalue weighted by molar-refractivity contribution is 0.0601. The molecule has 0 bridgehead atoms. The highest BCUT2D eigenvalue weighted by Crippen LogP contribution is 2.43. The van der Waals surface area contributed by atoms with Gasteiger partial charge in [-0.2, -0.15) is 0 Å². The maximum Gasteiger partial charge on any atom is 0.338 e. The van der Waals surface area contributed by atoms with Crippen molar-refractivity contribution in [2.45, 2.75) is 0 Å². The van der Waals surface area contributed by atoms with Gasteiger partial charge in [0.1, 0.15) is 0 Å². The summed E-state index contributed by atoms with van der Waals surface area (Å²) in [5, 5.41) is 9.61. The van der Waals surface area contributed by atoms with Crippen LogP contribution in [0.15, 0.2) is 102 Å². The second kappa shape index (κ2) is 7.72. The van der Waals surface area contributed by atoms with Gasteiger partial charge in [0.25, 0.3) is 0 Å². The van der Waals surface area contributed by atoms with Gasteiger partial charge in [-0.3, -0.25) is 0 Å². The molecule has 0 spiro atoms. The molecular weight excluding hydrogens is 472 g/mol. The molecule has 0 radical (unpaired) electrons. The SMILES string of the molecule is COC(=O)c1cc(Br)ccc1-c1cc2c3ccccc3c3ccccc3c2c2ccccc12. The van der Waals surface area contributed by atoms with Crippen LogP contribution < -0.4 is 0 Å². The van der Waals surface area contributed by atoms with Crippen LogP contribution in [0.5, 0.6) is 0 Å². The van der Waals surface area contributed by atoms with Gasteiger partial charge in [-0.1, -0.05) is 94.8 Å². The van der Waals surface area contributed by atoms with Crippen LogP contribution in [0, 0.1) is 0 Å². The van der Waals surface area contributed by atoms with Gasteiger partial charge in [-0.25, -0.2) is 4.79 Å². The predicted molar refractivity (Wildman–Crippen MR) is 141 cm³/mol. The summed E-state index contributed by atoms with van der Waals surface area (Å²) in [6.07, 6.45) is 0. The molecule has 0 aromatic heterocycles. The Labute approximate surface area is 199 Å². The van der Waals surface area contributed by atoms with Gasteiger partial charge in [-0.05, 0) is 72.4 Å². The first-order valence-electron chi connectivity index (χ1n) is 10.8. The van der Waals surface area contributed by atoms with Crippen LogP contribution in [0.25, 0.3) is 54.2 Å². The number of esters is 1. The fraction of sp³-hybridized carbons (Fsp3) is 0.0333. The molecule has 0 aliphatic heterocycles. The first-order chi connectivity index (χ1) is 16.2. The molecule has 3 heteroatoms. The Kier molecular flexibility index (Phi) is 4.67. The van der Waals surface area contributed by atoms with E-state index in [1.807, 2.05) is 18.2 Å². The number of carbonyl (C=O) groups excluding carboxylic acids is 1. The quantitative estimate of drug-likeness (QED) is 0.179. The summed E-state index contributed by atoms with van der Waals surface area (Å²) in [6.45, 7) is 0. The number of ether oxygens (including phenoxy) is 1. The van der Waals surface area contributed by atoms with E-state index in [0.717, 1.165) is 21.0 Å². The number of benzene rings is 6. The smallest absolute Gasteiger partial charge is 0.338 e. The first kappa shape index (κ1) is 20.0. The molecule has 6 aromatic carbocycles. The normalized spacial score (nSPS) is 11.5. The van der Waals surface area contributed by atoms with Crippen molar-refractivity contribution in [2.75, 3.05) is 7.11 Å². The summed E-state index contributed by atoms with van der Waals surface area (Å²) in [4.78, 5) is 12.7. The van der Waals surface area contributed by atoms with Gasteiger partial charge in [0.05, 0.1) is 12.7 Å². The van der Waals surface area contributed by atoms with Gasteiger partial charge in [0, 0.05) is 4.47 Å². The summed E-state index contributed by atoms with van der Waals surface area (Å²) >= 11 is 3.51. The summed E-state index contributed by atoms with van der Waals surface area (Å²) in [5.74, 6) is -0.348. The molecule has 0 aliphatic carbocycles. The number of hydrogen-bond acceptors (Lipinski definition) is 2. The molecular formula is C30H19BrO2. The van der Waals surface area contributed by atoms with Crippen LogP contribution in [-0.2, 0) is 4.74 Å². The number of halogens is 1. The van der Waals surface area contributed by atoms with Crippen LogP contribution in [0.3, 0.4) is 0 Å². The maximum atomic E-state index is 12.7. The van der Waals surface area contributed by atoms with E-state index in [0.29, 0.717) is 5.56 Å². The highest BCUT2D eigenvalue weighted by atomic mass is 79.9. The molecule has 6 rings (SSSR count). The van der Waals surface area contributed by atoms with E-state index in [9.17, 15) is 4.79 Å². The number of hydrogen-bond donors (Lipinski definition) is 0. The van der Waals surface area contributed by atoms with Crippen LogP contribution in [-0.4, -0.2) is 13.1 Å². The molecule has 0 amide bonds. The molecule has 0 saturated carbocycles.